The first-order valence-corrected chi connectivity index (χ1v) is 9.63. The lowest BCUT2D eigenvalue weighted by Crippen LogP contribution is -2.45. The molecule has 0 radical (unpaired) electrons. The van der Waals surface area contributed by atoms with Crippen LogP contribution in [0.5, 0.6) is 0 Å². The fourth-order valence-electron chi connectivity index (χ4n) is 3.90. The van der Waals surface area contributed by atoms with Crippen molar-refractivity contribution >= 4 is 18.3 Å². The topological polar surface area (TPSA) is 73.0 Å². The van der Waals surface area contributed by atoms with Gasteiger partial charge in [-0.2, -0.15) is 5.10 Å². The van der Waals surface area contributed by atoms with Gasteiger partial charge >= 0.3 is 0 Å². The van der Waals surface area contributed by atoms with Crippen molar-refractivity contribution in [3.8, 4) is 0 Å². The normalized spacial score (nSPS) is 17.8. The lowest BCUT2D eigenvalue weighted by atomic mass is 10.0. The summed E-state index contributed by atoms with van der Waals surface area (Å²) in [4.78, 5) is 15.1. The van der Waals surface area contributed by atoms with Crippen LogP contribution in [-0.4, -0.2) is 53.2 Å². The van der Waals surface area contributed by atoms with Crippen molar-refractivity contribution in [2.45, 2.75) is 38.3 Å². The predicted molar refractivity (Wildman–Crippen MR) is 108 cm³/mol. The summed E-state index contributed by atoms with van der Waals surface area (Å²) in [6, 6.07) is 10.9. The monoisotopic (exact) mass is 389 g/mol. The second kappa shape index (κ2) is 9.35. The Morgan fingerprint density at radius 1 is 1.22 bits per heavy atom. The fourth-order valence-corrected chi connectivity index (χ4v) is 3.90. The van der Waals surface area contributed by atoms with Crippen molar-refractivity contribution < 1.29 is 4.79 Å². The van der Waals surface area contributed by atoms with Gasteiger partial charge in [-0.25, -0.2) is 0 Å². The Kier molecular flexibility index (Phi) is 6.88. The third kappa shape index (κ3) is 4.89. The fraction of sp³-hybridized carbons (Fsp3) is 0.500. The van der Waals surface area contributed by atoms with Crippen LogP contribution in [0.2, 0.25) is 0 Å². The SMILES string of the molecule is Cl.O=C(NC1CCN(CCc2ccccc2)CC1)c1n[nH]c2c1CNCC2. The van der Waals surface area contributed by atoms with Crippen molar-refractivity contribution in [3.05, 3.63) is 52.8 Å². The molecule has 1 aromatic carbocycles. The van der Waals surface area contributed by atoms with Crippen LogP contribution in [0, 0.1) is 0 Å². The van der Waals surface area contributed by atoms with Gasteiger partial charge in [-0.05, 0) is 24.8 Å². The number of aromatic amines is 1. The van der Waals surface area contributed by atoms with Crippen molar-refractivity contribution in [1.29, 1.82) is 0 Å². The number of carbonyl (C=O) groups excluding carboxylic acids is 1. The van der Waals surface area contributed by atoms with Gasteiger partial charge in [0.05, 0.1) is 0 Å². The van der Waals surface area contributed by atoms with Gasteiger partial charge in [-0.15, -0.1) is 12.4 Å². The van der Waals surface area contributed by atoms with Gasteiger partial charge in [0.15, 0.2) is 5.69 Å². The Bertz CT molecular complexity index is 740. The highest BCUT2D eigenvalue weighted by Gasteiger charge is 2.25. The summed E-state index contributed by atoms with van der Waals surface area (Å²) in [5.41, 5.74) is 4.09. The molecule has 1 aromatic heterocycles. The average Bonchev–Trinajstić information content (AvgIpc) is 3.12. The van der Waals surface area contributed by atoms with E-state index < -0.39 is 0 Å². The van der Waals surface area contributed by atoms with Crippen LogP contribution in [0.3, 0.4) is 0 Å². The molecule has 4 rings (SSSR count). The Labute approximate surface area is 166 Å². The number of hydrogen-bond donors (Lipinski definition) is 3. The molecule has 2 aliphatic rings. The summed E-state index contributed by atoms with van der Waals surface area (Å²) in [6.45, 7) is 4.84. The molecule has 0 aliphatic carbocycles. The van der Waals surface area contributed by atoms with E-state index in [1.165, 1.54) is 5.56 Å². The summed E-state index contributed by atoms with van der Waals surface area (Å²) in [7, 11) is 0. The van der Waals surface area contributed by atoms with Crippen LogP contribution < -0.4 is 10.6 Å². The van der Waals surface area contributed by atoms with Gasteiger partial charge in [0.2, 0.25) is 0 Å². The van der Waals surface area contributed by atoms with Crippen molar-refractivity contribution in [2.24, 2.45) is 0 Å². The average molecular weight is 390 g/mol. The second-order valence-electron chi connectivity index (χ2n) is 7.28. The number of benzene rings is 1. The van der Waals surface area contributed by atoms with Crippen molar-refractivity contribution in [1.82, 2.24) is 25.7 Å². The largest absolute Gasteiger partial charge is 0.348 e. The molecule has 3 heterocycles. The Morgan fingerprint density at radius 2 is 2.00 bits per heavy atom. The highest BCUT2D eigenvalue weighted by Crippen LogP contribution is 2.17. The lowest BCUT2D eigenvalue weighted by molar-refractivity contribution is 0.0905. The van der Waals surface area contributed by atoms with Crippen LogP contribution in [0.4, 0.5) is 0 Å². The number of fused-ring (bicyclic) bond motifs is 1. The van der Waals surface area contributed by atoms with E-state index in [1.807, 2.05) is 0 Å². The summed E-state index contributed by atoms with van der Waals surface area (Å²) in [6.07, 6.45) is 4.01. The van der Waals surface area contributed by atoms with Gasteiger partial charge in [-0.3, -0.25) is 9.89 Å². The molecule has 27 heavy (non-hydrogen) atoms. The first-order valence-electron chi connectivity index (χ1n) is 9.63. The number of H-pyrrole nitrogens is 1. The number of aromatic nitrogens is 2. The Morgan fingerprint density at radius 3 is 2.78 bits per heavy atom. The molecule has 2 aromatic rings. The second-order valence-corrected chi connectivity index (χ2v) is 7.28. The van der Waals surface area contributed by atoms with E-state index in [4.69, 9.17) is 0 Å². The Balaban J connectivity index is 0.00000210. The quantitative estimate of drug-likeness (QED) is 0.730. The summed E-state index contributed by atoms with van der Waals surface area (Å²) in [5.74, 6) is -0.0334. The maximum atomic E-state index is 12.6. The van der Waals surface area contributed by atoms with E-state index in [1.54, 1.807) is 0 Å². The molecule has 1 amide bonds. The minimum atomic E-state index is -0.0334. The molecule has 0 bridgehead atoms. The maximum absolute atomic E-state index is 12.6. The molecule has 1 fully saturated rings. The molecule has 0 spiro atoms. The minimum Gasteiger partial charge on any atom is -0.348 e. The first-order chi connectivity index (χ1) is 12.8. The van der Waals surface area contributed by atoms with E-state index in [2.05, 4.69) is 56.1 Å². The first kappa shape index (κ1) is 19.9. The third-order valence-electron chi connectivity index (χ3n) is 5.50. The number of nitrogens with zero attached hydrogens (tertiary/aromatic N) is 2. The van der Waals surface area contributed by atoms with Crippen LogP contribution >= 0.6 is 12.4 Å². The predicted octanol–water partition coefficient (Wildman–Crippen LogP) is 1.91. The van der Waals surface area contributed by atoms with Crippen molar-refractivity contribution in [3.63, 3.8) is 0 Å². The third-order valence-corrected chi connectivity index (χ3v) is 5.50. The number of rotatable bonds is 5. The minimum absolute atomic E-state index is 0. The molecule has 0 saturated carbocycles. The zero-order chi connectivity index (χ0) is 17.8. The molecule has 146 valence electrons. The van der Waals surface area contributed by atoms with E-state index >= 15 is 0 Å². The highest BCUT2D eigenvalue weighted by atomic mass is 35.5. The molecule has 0 unspecified atom stereocenters. The van der Waals surface area contributed by atoms with Crippen LogP contribution in [0.25, 0.3) is 0 Å². The van der Waals surface area contributed by atoms with E-state index in [9.17, 15) is 4.79 Å². The zero-order valence-corrected chi connectivity index (χ0v) is 16.4. The van der Waals surface area contributed by atoms with Gasteiger partial charge in [-0.1, -0.05) is 30.3 Å². The highest BCUT2D eigenvalue weighted by molar-refractivity contribution is 5.94. The van der Waals surface area contributed by atoms with Crippen LogP contribution in [-0.2, 0) is 19.4 Å². The van der Waals surface area contributed by atoms with Gasteiger partial charge in [0.1, 0.15) is 0 Å². The molecule has 2 aliphatic heterocycles. The maximum Gasteiger partial charge on any atom is 0.272 e. The summed E-state index contributed by atoms with van der Waals surface area (Å²) >= 11 is 0. The summed E-state index contributed by atoms with van der Waals surface area (Å²) < 4.78 is 0. The van der Waals surface area contributed by atoms with E-state index in [0.29, 0.717) is 5.69 Å². The number of likely N-dealkylation sites (tertiary alicyclic amines) is 1. The number of halogens is 1. The van der Waals surface area contributed by atoms with Gasteiger partial charge in [0.25, 0.3) is 5.91 Å². The molecule has 6 nitrogen and oxygen atoms in total. The number of nitrogens with one attached hydrogen (secondary N) is 3. The number of piperidine rings is 1. The standard InChI is InChI=1S/C20H27N5O.ClH/c26-20(19-17-14-21-10-6-18(17)23-24-19)22-16-8-12-25(13-9-16)11-7-15-4-2-1-3-5-15;/h1-5,16,21H,6-14H2,(H,22,26)(H,23,24);1H. The molecule has 0 atom stereocenters. The van der Waals surface area contributed by atoms with Gasteiger partial charge < -0.3 is 15.5 Å². The number of amides is 1. The Hall–Kier alpha value is -1.89. The molecular formula is C20H28ClN5O. The zero-order valence-electron chi connectivity index (χ0n) is 15.5. The van der Waals surface area contributed by atoms with E-state index in [0.717, 1.165) is 69.7 Å². The number of hydrogen-bond acceptors (Lipinski definition) is 4. The van der Waals surface area contributed by atoms with Crippen LogP contribution in [0.1, 0.15) is 40.2 Å². The lowest BCUT2D eigenvalue weighted by Gasteiger charge is -2.32. The molecular weight excluding hydrogens is 362 g/mol. The van der Waals surface area contributed by atoms with Crippen LogP contribution in [0.15, 0.2) is 30.3 Å². The smallest absolute Gasteiger partial charge is 0.272 e. The molecule has 3 N–H and O–H groups in total. The molecule has 1 saturated heterocycles. The van der Waals surface area contributed by atoms with Crippen molar-refractivity contribution in [2.75, 3.05) is 26.2 Å². The molecule has 7 heteroatoms. The van der Waals surface area contributed by atoms with Gasteiger partial charge in [0, 0.05) is 56.4 Å². The van der Waals surface area contributed by atoms with E-state index in [-0.39, 0.29) is 24.4 Å². The summed E-state index contributed by atoms with van der Waals surface area (Å²) in [5, 5.41) is 13.8. The number of carbonyl (C=O) groups is 1.